The summed E-state index contributed by atoms with van der Waals surface area (Å²) in [6, 6.07) is 40.0. The number of ether oxygens (including phenoxy) is 1. The van der Waals surface area contributed by atoms with Crippen LogP contribution in [-0.2, 0) is 5.41 Å². The molecule has 4 heteroatoms. The molecule has 0 aliphatic carbocycles. The fourth-order valence-corrected chi connectivity index (χ4v) is 6.54. The summed E-state index contributed by atoms with van der Waals surface area (Å²) < 4.78 is 11.7. The van der Waals surface area contributed by atoms with Crippen molar-refractivity contribution in [3.8, 4) is 11.5 Å². The third-order valence-electron chi connectivity index (χ3n) is 8.15. The third-order valence-corrected chi connectivity index (χ3v) is 8.15. The predicted molar refractivity (Wildman–Crippen MR) is 154 cm³/mol. The lowest BCUT2D eigenvalue weighted by Gasteiger charge is -2.48. The van der Waals surface area contributed by atoms with E-state index >= 15 is 0 Å². The van der Waals surface area contributed by atoms with E-state index in [9.17, 15) is 4.79 Å². The highest BCUT2D eigenvalue weighted by atomic mass is 16.5. The summed E-state index contributed by atoms with van der Waals surface area (Å²) in [4.78, 5) is 14.8. The van der Waals surface area contributed by atoms with E-state index in [1.54, 1.807) is 0 Å². The Labute approximate surface area is 225 Å². The highest BCUT2D eigenvalue weighted by Crippen LogP contribution is 2.62. The molecule has 8 rings (SSSR count). The van der Waals surface area contributed by atoms with Crippen molar-refractivity contribution in [2.24, 2.45) is 0 Å². The Kier molecular flexibility index (Phi) is 4.48. The van der Waals surface area contributed by atoms with Crippen molar-refractivity contribution in [2.75, 3.05) is 4.90 Å². The Morgan fingerprint density at radius 1 is 0.615 bits per heavy atom. The van der Waals surface area contributed by atoms with Crippen LogP contribution in [0, 0.1) is 6.92 Å². The molecule has 0 N–H and O–H groups in total. The molecule has 0 unspecified atom stereocenters. The summed E-state index contributed by atoms with van der Waals surface area (Å²) in [5.74, 6) is 1.73. The molecule has 4 nitrogen and oxygen atoms in total. The molecule has 186 valence electrons. The van der Waals surface area contributed by atoms with Crippen LogP contribution in [0.1, 0.15) is 27.8 Å². The van der Waals surface area contributed by atoms with Gasteiger partial charge < -0.3 is 14.1 Å². The van der Waals surface area contributed by atoms with Crippen LogP contribution >= 0.6 is 0 Å². The quantitative estimate of drug-likeness (QED) is 0.225. The summed E-state index contributed by atoms with van der Waals surface area (Å²) in [6.45, 7) is 1.97. The highest BCUT2D eigenvalue weighted by Gasteiger charge is 2.50. The van der Waals surface area contributed by atoms with Crippen LogP contribution < -0.4 is 15.3 Å². The van der Waals surface area contributed by atoms with E-state index in [2.05, 4.69) is 95.9 Å². The smallest absolute Gasteiger partial charge is 0.343 e. The maximum Gasteiger partial charge on any atom is 0.343 e. The molecule has 1 spiro atoms. The topological polar surface area (TPSA) is 42.7 Å². The van der Waals surface area contributed by atoms with E-state index in [1.807, 2.05) is 31.2 Å². The minimum atomic E-state index is -0.567. The summed E-state index contributed by atoms with van der Waals surface area (Å²) in [7, 11) is 0. The molecule has 0 atom stereocenters. The summed E-state index contributed by atoms with van der Waals surface area (Å²) >= 11 is 0. The Bertz CT molecular complexity index is 1910. The second-order valence-electron chi connectivity index (χ2n) is 10.2. The second kappa shape index (κ2) is 7.95. The first-order valence-corrected chi connectivity index (χ1v) is 13.1. The number of anilines is 3. The monoisotopic (exact) mass is 505 g/mol. The van der Waals surface area contributed by atoms with Crippen molar-refractivity contribution in [2.45, 2.75) is 12.3 Å². The predicted octanol–water partition coefficient (Wildman–Crippen LogP) is 8.37. The lowest BCUT2D eigenvalue weighted by Crippen LogP contribution is -2.39. The largest absolute Gasteiger partial charge is 0.457 e. The van der Waals surface area contributed by atoms with Crippen LogP contribution in [0.25, 0.3) is 10.8 Å². The fourth-order valence-electron chi connectivity index (χ4n) is 6.54. The second-order valence-corrected chi connectivity index (χ2v) is 10.2. The van der Waals surface area contributed by atoms with Crippen molar-refractivity contribution < 1.29 is 9.15 Å². The van der Waals surface area contributed by atoms with E-state index in [4.69, 9.17) is 9.15 Å². The molecular weight excluding hydrogens is 482 g/mol. The average Bonchev–Trinajstić information content (AvgIpc) is 2.99. The molecule has 0 saturated heterocycles. The number of nitrogens with zero attached hydrogens (tertiary/aromatic N) is 1. The lowest BCUT2D eigenvalue weighted by atomic mass is 9.61. The zero-order chi connectivity index (χ0) is 26.1. The van der Waals surface area contributed by atoms with Crippen LogP contribution in [0.2, 0.25) is 0 Å². The zero-order valence-corrected chi connectivity index (χ0v) is 21.2. The van der Waals surface area contributed by atoms with Crippen LogP contribution in [-0.4, -0.2) is 0 Å². The molecule has 0 radical (unpaired) electrons. The molecule has 1 aromatic heterocycles. The summed E-state index contributed by atoms with van der Waals surface area (Å²) in [5.41, 5.74) is 7.79. The van der Waals surface area contributed by atoms with Gasteiger partial charge in [0, 0.05) is 16.8 Å². The molecule has 6 aromatic rings. The van der Waals surface area contributed by atoms with Crippen molar-refractivity contribution in [1.82, 2.24) is 0 Å². The number of benzene rings is 5. The summed E-state index contributed by atoms with van der Waals surface area (Å²) in [6.07, 6.45) is 1.54. The van der Waals surface area contributed by atoms with Crippen LogP contribution in [0.3, 0.4) is 0 Å². The Hall–Kier alpha value is -5.09. The lowest BCUT2D eigenvalue weighted by molar-refractivity contribution is 0.434. The number of aryl methyl sites for hydroxylation is 1. The van der Waals surface area contributed by atoms with Gasteiger partial charge in [0.15, 0.2) is 0 Å². The van der Waals surface area contributed by atoms with Gasteiger partial charge in [-0.05, 0) is 71.5 Å². The standard InChI is InChI=1S/C35H23NO3/c1-22-21-38-34(37)24-19-18-23(20-25(22)24)36-30-14-6-2-10-26(30)35(27-11-3-7-15-31(27)36)28-12-4-8-16-32(28)39-33-17-9-5-13-29(33)35/h2-21H,1H3. The molecule has 2 aliphatic heterocycles. The van der Waals surface area contributed by atoms with Gasteiger partial charge in [0.2, 0.25) is 0 Å². The number of fused-ring (bicyclic) bond motifs is 9. The van der Waals surface area contributed by atoms with E-state index in [0.29, 0.717) is 5.39 Å². The average molecular weight is 506 g/mol. The minimum absolute atomic E-state index is 0.323. The maximum atomic E-state index is 12.5. The number of para-hydroxylation sites is 4. The molecule has 3 heterocycles. The van der Waals surface area contributed by atoms with Gasteiger partial charge in [0.25, 0.3) is 0 Å². The van der Waals surface area contributed by atoms with Crippen molar-refractivity contribution in [3.63, 3.8) is 0 Å². The SMILES string of the molecule is Cc1coc(=O)c2ccc(N3c4ccccc4C4(c5ccccc5Oc5ccccc54)c4ccccc43)cc12. The van der Waals surface area contributed by atoms with Crippen molar-refractivity contribution in [3.05, 3.63) is 160 Å². The van der Waals surface area contributed by atoms with Gasteiger partial charge in [0.1, 0.15) is 11.5 Å². The molecule has 0 amide bonds. The van der Waals surface area contributed by atoms with E-state index in [1.165, 1.54) is 17.4 Å². The Morgan fingerprint density at radius 3 is 1.77 bits per heavy atom. The fraction of sp³-hybridized carbons (Fsp3) is 0.0571. The van der Waals surface area contributed by atoms with Crippen molar-refractivity contribution in [1.29, 1.82) is 0 Å². The van der Waals surface area contributed by atoms with Crippen LogP contribution in [0.15, 0.2) is 131 Å². The molecule has 5 aromatic carbocycles. The molecule has 0 fully saturated rings. The number of hydrogen-bond acceptors (Lipinski definition) is 4. The molecule has 39 heavy (non-hydrogen) atoms. The molecule has 0 saturated carbocycles. The number of hydrogen-bond donors (Lipinski definition) is 0. The van der Waals surface area contributed by atoms with Crippen LogP contribution in [0.4, 0.5) is 17.1 Å². The van der Waals surface area contributed by atoms with E-state index in [0.717, 1.165) is 50.6 Å². The molecule has 0 bridgehead atoms. The van der Waals surface area contributed by atoms with Gasteiger partial charge in [-0.15, -0.1) is 0 Å². The molecule has 2 aliphatic rings. The minimum Gasteiger partial charge on any atom is -0.457 e. The normalized spacial score (nSPS) is 14.2. The van der Waals surface area contributed by atoms with Gasteiger partial charge in [-0.3, -0.25) is 0 Å². The van der Waals surface area contributed by atoms with E-state index in [-0.39, 0.29) is 5.63 Å². The Balaban J connectivity index is 1.50. The van der Waals surface area contributed by atoms with Crippen LogP contribution in [0.5, 0.6) is 11.5 Å². The highest BCUT2D eigenvalue weighted by molar-refractivity contribution is 5.94. The van der Waals surface area contributed by atoms with Gasteiger partial charge >= 0.3 is 5.63 Å². The van der Waals surface area contributed by atoms with E-state index < -0.39 is 5.41 Å². The van der Waals surface area contributed by atoms with Gasteiger partial charge in [0.05, 0.1) is 28.4 Å². The first kappa shape index (κ1) is 21.9. The zero-order valence-electron chi connectivity index (χ0n) is 21.2. The Morgan fingerprint density at radius 2 is 1.15 bits per heavy atom. The molecular formula is C35H23NO3. The van der Waals surface area contributed by atoms with Crippen molar-refractivity contribution >= 4 is 27.8 Å². The first-order valence-electron chi connectivity index (χ1n) is 13.1. The van der Waals surface area contributed by atoms with Gasteiger partial charge in [-0.25, -0.2) is 4.79 Å². The first-order chi connectivity index (χ1) is 19.2. The third kappa shape index (κ3) is 2.86. The maximum absolute atomic E-state index is 12.5. The summed E-state index contributed by atoms with van der Waals surface area (Å²) in [5, 5.41) is 1.47. The van der Waals surface area contributed by atoms with Gasteiger partial charge in [-0.2, -0.15) is 0 Å². The van der Waals surface area contributed by atoms with Gasteiger partial charge in [-0.1, -0.05) is 72.8 Å². The number of rotatable bonds is 1.